The summed E-state index contributed by atoms with van der Waals surface area (Å²) in [6.45, 7) is 14.7. The van der Waals surface area contributed by atoms with Crippen molar-refractivity contribution in [3.8, 4) is 0 Å². The molecular weight excluding hydrogens is 766 g/mol. The van der Waals surface area contributed by atoms with Crippen molar-refractivity contribution >= 4 is 11.8 Å². The van der Waals surface area contributed by atoms with E-state index in [9.17, 15) is 9.59 Å². The minimum Gasteiger partial charge on any atom is -0.379 e. The lowest BCUT2D eigenvalue weighted by molar-refractivity contribution is -0.137. The molecule has 0 aromatic rings. The predicted octanol–water partition coefficient (Wildman–Crippen LogP) is 5.59. The first-order valence-corrected chi connectivity index (χ1v) is 22.7. The number of imide groups is 1. The lowest BCUT2D eigenvalue weighted by atomic mass is 10.0. The normalized spacial score (nSPS) is 12.9. The molecule has 1 rings (SSSR count). The van der Waals surface area contributed by atoms with Crippen LogP contribution < -0.4 is 0 Å². The molecule has 0 aromatic carbocycles. The Morgan fingerprint density at radius 1 is 0.288 bits per heavy atom. The van der Waals surface area contributed by atoms with E-state index in [1.165, 1.54) is 95.6 Å². The molecule has 0 saturated heterocycles. The number of ether oxygens (including phenoxy) is 12. The van der Waals surface area contributed by atoms with Gasteiger partial charge >= 0.3 is 0 Å². The summed E-state index contributed by atoms with van der Waals surface area (Å²) in [5, 5.41) is 0. The maximum atomic E-state index is 11.4. The van der Waals surface area contributed by atoms with Crippen molar-refractivity contribution < 1.29 is 66.4 Å². The van der Waals surface area contributed by atoms with E-state index >= 15 is 0 Å². The Balaban J connectivity index is 1.60. The van der Waals surface area contributed by atoms with E-state index < -0.39 is 0 Å². The molecular formula is C44H83NO14. The van der Waals surface area contributed by atoms with Crippen LogP contribution >= 0.6 is 0 Å². The highest BCUT2D eigenvalue weighted by Crippen LogP contribution is 2.13. The molecule has 0 fully saturated rings. The first-order valence-electron chi connectivity index (χ1n) is 22.7. The van der Waals surface area contributed by atoms with E-state index in [0.717, 1.165) is 17.9 Å². The number of hydrogen-bond acceptors (Lipinski definition) is 14. The number of amides is 2. The van der Waals surface area contributed by atoms with Crippen molar-refractivity contribution in [2.45, 2.75) is 96.8 Å². The Morgan fingerprint density at radius 3 is 0.746 bits per heavy atom. The molecule has 0 saturated carbocycles. The average molecular weight is 850 g/mol. The van der Waals surface area contributed by atoms with Gasteiger partial charge in [-0.1, -0.05) is 90.4 Å². The summed E-state index contributed by atoms with van der Waals surface area (Å²) in [4.78, 5) is 24.0. The van der Waals surface area contributed by atoms with Crippen LogP contribution in [-0.4, -0.2) is 182 Å². The van der Waals surface area contributed by atoms with Gasteiger partial charge in [0.05, 0.1) is 159 Å². The van der Waals surface area contributed by atoms with Gasteiger partial charge in [0, 0.05) is 18.8 Å². The SMILES string of the molecule is CCCCCCCCCCCCCCCCOCCOCCOCCOCCOCCOCCOCCOCCOCCOCCOCCOCCN1C(=O)C=CC1=O. The minimum absolute atomic E-state index is 0.240. The maximum absolute atomic E-state index is 11.4. The number of carbonyl (C=O) groups is 2. The molecule has 15 heteroatoms. The zero-order valence-corrected chi connectivity index (χ0v) is 36.9. The zero-order valence-electron chi connectivity index (χ0n) is 36.9. The summed E-state index contributed by atoms with van der Waals surface area (Å²) in [5.41, 5.74) is 0. The van der Waals surface area contributed by atoms with E-state index in [1.807, 2.05) is 0 Å². The summed E-state index contributed by atoms with van der Waals surface area (Å²) >= 11 is 0. The quantitative estimate of drug-likeness (QED) is 0.0553. The highest BCUT2D eigenvalue weighted by atomic mass is 16.6. The summed E-state index contributed by atoms with van der Waals surface area (Å²) in [6.07, 6.45) is 21.7. The maximum Gasteiger partial charge on any atom is 0.253 e. The summed E-state index contributed by atoms with van der Waals surface area (Å²) < 4.78 is 66.1. The molecule has 0 spiro atoms. The van der Waals surface area contributed by atoms with Gasteiger partial charge in [-0.2, -0.15) is 0 Å². The third-order valence-corrected chi connectivity index (χ3v) is 9.09. The van der Waals surface area contributed by atoms with Crippen molar-refractivity contribution in [2.75, 3.05) is 165 Å². The van der Waals surface area contributed by atoms with Crippen LogP contribution in [0.3, 0.4) is 0 Å². The van der Waals surface area contributed by atoms with Crippen molar-refractivity contribution in [3.05, 3.63) is 12.2 Å². The molecule has 1 heterocycles. The van der Waals surface area contributed by atoms with Crippen molar-refractivity contribution in [1.82, 2.24) is 4.90 Å². The monoisotopic (exact) mass is 850 g/mol. The van der Waals surface area contributed by atoms with E-state index in [4.69, 9.17) is 56.8 Å². The smallest absolute Gasteiger partial charge is 0.253 e. The number of rotatable bonds is 51. The van der Waals surface area contributed by atoms with Crippen LogP contribution in [0.1, 0.15) is 96.8 Å². The lowest BCUT2D eigenvalue weighted by Gasteiger charge is -2.13. The van der Waals surface area contributed by atoms with Crippen molar-refractivity contribution in [2.24, 2.45) is 0 Å². The Morgan fingerprint density at radius 2 is 0.492 bits per heavy atom. The molecule has 59 heavy (non-hydrogen) atoms. The highest BCUT2D eigenvalue weighted by Gasteiger charge is 2.22. The van der Waals surface area contributed by atoms with Crippen molar-refractivity contribution in [3.63, 3.8) is 0 Å². The molecule has 0 unspecified atom stereocenters. The lowest BCUT2D eigenvalue weighted by Crippen LogP contribution is -2.33. The first kappa shape index (κ1) is 55.4. The largest absolute Gasteiger partial charge is 0.379 e. The molecule has 1 aliphatic rings. The number of unbranched alkanes of at least 4 members (excludes halogenated alkanes) is 13. The molecule has 1 aliphatic heterocycles. The Labute approximate surface area is 356 Å². The fourth-order valence-electron chi connectivity index (χ4n) is 5.73. The predicted molar refractivity (Wildman–Crippen MR) is 226 cm³/mol. The molecule has 0 N–H and O–H groups in total. The van der Waals surface area contributed by atoms with E-state index in [1.54, 1.807) is 0 Å². The first-order chi connectivity index (χ1) is 29.3. The van der Waals surface area contributed by atoms with Gasteiger partial charge in [-0.3, -0.25) is 14.5 Å². The molecule has 15 nitrogen and oxygen atoms in total. The third kappa shape index (κ3) is 41.5. The second-order valence-corrected chi connectivity index (χ2v) is 14.1. The molecule has 2 amide bonds. The van der Waals surface area contributed by atoms with Crippen LogP contribution in [-0.2, 0) is 66.4 Å². The molecule has 0 radical (unpaired) electrons. The minimum atomic E-state index is -0.305. The summed E-state index contributed by atoms with van der Waals surface area (Å²) in [5.74, 6) is -0.610. The van der Waals surface area contributed by atoms with Gasteiger partial charge in [0.2, 0.25) is 0 Å². The molecule has 0 atom stereocenters. The zero-order chi connectivity index (χ0) is 42.2. The van der Waals surface area contributed by atoms with Gasteiger partial charge in [0.15, 0.2) is 0 Å². The molecule has 348 valence electrons. The topological polar surface area (TPSA) is 148 Å². The highest BCUT2D eigenvalue weighted by molar-refractivity contribution is 6.12. The van der Waals surface area contributed by atoms with E-state index in [-0.39, 0.29) is 25.0 Å². The standard InChI is InChI=1S/C44H83NO14/c1-2-3-4-5-6-7-8-9-10-11-12-13-14-15-19-48-21-23-50-25-27-52-29-31-54-33-35-56-37-39-58-41-42-59-40-38-57-36-34-55-32-30-53-28-26-51-24-22-49-20-18-45-43(46)16-17-44(45)47/h16-17H,2-15,18-42H2,1H3. The number of hydrogen-bond donors (Lipinski definition) is 0. The van der Waals surface area contributed by atoms with Gasteiger partial charge in [-0.25, -0.2) is 0 Å². The van der Waals surface area contributed by atoms with Gasteiger partial charge in [-0.15, -0.1) is 0 Å². The van der Waals surface area contributed by atoms with Gasteiger partial charge in [-0.05, 0) is 6.42 Å². The molecule has 0 aliphatic carbocycles. The van der Waals surface area contributed by atoms with Gasteiger partial charge < -0.3 is 56.8 Å². The summed E-state index contributed by atoms with van der Waals surface area (Å²) in [6, 6.07) is 0. The van der Waals surface area contributed by atoms with Crippen molar-refractivity contribution in [1.29, 1.82) is 0 Å². The molecule has 0 aromatic heterocycles. The number of nitrogens with zero attached hydrogens (tertiary/aromatic N) is 1. The molecule has 0 bridgehead atoms. The summed E-state index contributed by atoms with van der Waals surface area (Å²) in [7, 11) is 0. The van der Waals surface area contributed by atoms with Crippen LogP contribution in [0.25, 0.3) is 0 Å². The van der Waals surface area contributed by atoms with Crippen LogP contribution in [0.4, 0.5) is 0 Å². The third-order valence-electron chi connectivity index (χ3n) is 9.09. The van der Waals surface area contributed by atoms with Crippen LogP contribution in [0.5, 0.6) is 0 Å². The fourth-order valence-corrected chi connectivity index (χ4v) is 5.73. The number of carbonyl (C=O) groups excluding carboxylic acids is 2. The Kier molecular flexibility index (Phi) is 44.6. The fraction of sp³-hybridized carbons (Fsp3) is 0.909. The van der Waals surface area contributed by atoms with Gasteiger partial charge in [0.25, 0.3) is 11.8 Å². The van der Waals surface area contributed by atoms with E-state index in [2.05, 4.69) is 6.92 Å². The van der Waals surface area contributed by atoms with E-state index in [0.29, 0.717) is 145 Å². The van der Waals surface area contributed by atoms with Crippen LogP contribution in [0, 0.1) is 0 Å². The Hall–Kier alpha value is -1.60. The average Bonchev–Trinajstić information content (AvgIpc) is 3.56. The second-order valence-electron chi connectivity index (χ2n) is 14.1. The van der Waals surface area contributed by atoms with Gasteiger partial charge in [0.1, 0.15) is 0 Å². The Bertz CT molecular complexity index is 897. The van der Waals surface area contributed by atoms with Crippen LogP contribution in [0.2, 0.25) is 0 Å². The van der Waals surface area contributed by atoms with Crippen LogP contribution in [0.15, 0.2) is 12.2 Å². The second kappa shape index (κ2) is 47.4.